The number of hydrogen-bond donors (Lipinski definition) is 3. The van der Waals surface area contributed by atoms with Crippen LogP contribution in [0, 0.1) is 40.4 Å². The zero-order chi connectivity index (χ0) is 23.7. The molecule has 0 aromatic heterocycles. The highest BCUT2D eigenvalue weighted by Crippen LogP contribution is 2.68. The summed E-state index contributed by atoms with van der Waals surface area (Å²) in [7, 11) is -4.71. The number of rotatable bonds is 4. The molecule has 4 fully saturated rings. The SMILES string of the molecule is C[C@]12CC[C@](O)(C(F)(F)F)C[C@H]1CC[C@@H]1[C@@H]2CC[C@]2(C)[C@@H](C(=O)COP(=O)(O)O)CC[C@@H]12. The molecule has 0 heterocycles. The highest BCUT2D eigenvalue weighted by Gasteiger charge is 2.65. The lowest BCUT2D eigenvalue weighted by molar-refractivity contribution is -0.290. The number of hydrogen-bond acceptors (Lipinski definition) is 4. The highest BCUT2D eigenvalue weighted by atomic mass is 31.2. The van der Waals surface area contributed by atoms with Gasteiger partial charge in [-0.25, -0.2) is 4.57 Å². The Morgan fingerprint density at radius 3 is 2.28 bits per heavy atom. The van der Waals surface area contributed by atoms with Crippen molar-refractivity contribution in [1.29, 1.82) is 0 Å². The van der Waals surface area contributed by atoms with Crippen LogP contribution in [0.2, 0.25) is 0 Å². The molecule has 0 saturated heterocycles. The third kappa shape index (κ3) is 3.90. The van der Waals surface area contributed by atoms with E-state index in [1.807, 2.05) is 0 Å². The fourth-order valence-electron chi connectivity index (χ4n) is 8.28. The Kier molecular flexibility index (Phi) is 5.99. The van der Waals surface area contributed by atoms with Gasteiger partial charge in [0.2, 0.25) is 0 Å². The van der Waals surface area contributed by atoms with Crippen molar-refractivity contribution in [2.75, 3.05) is 6.61 Å². The molecule has 4 aliphatic carbocycles. The molecule has 0 unspecified atom stereocenters. The molecule has 4 aliphatic rings. The fraction of sp³-hybridized carbons (Fsp3) is 0.955. The lowest BCUT2D eigenvalue weighted by Crippen LogP contribution is -2.59. The molecule has 0 aromatic rings. The van der Waals surface area contributed by atoms with E-state index in [0.717, 1.165) is 25.7 Å². The average Bonchev–Trinajstić information content (AvgIpc) is 3.02. The Hall–Kier alpha value is -0.470. The van der Waals surface area contributed by atoms with E-state index in [9.17, 15) is 27.6 Å². The lowest BCUT2D eigenvalue weighted by atomic mass is 9.43. The summed E-state index contributed by atoms with van der Waals surface area (Å²) in [6, 6.07) is 0. The summed E-state index contributed by atoms with van der Waals surface area (Å²) in [5.74, 6) is 0.122. The number of carbonyl (C=O) groups excluding carboxylic acids is 1. The van der Waals surface area contributed by atoms with Crippen LogP contribution in [-0.2, 0) is 13.9 Å². The second kappa shape index (κ2) is 7.77. The Balaban J connectivity index is 1.51. The molecule has 4 saturated carbocycles. The van der Waals surface area contributed by atoms with Crippen LogP contribution in [0.3, 0.4) is 0 Å². The van der Waals surface area contributed by atoms with Gasteiger partial charge in [0.15, 0.2) is 11.4 Å². The molecular formula is C22H34F3O6P. The standard InChI is InChI=1S/C22H34F3O6P/c1-19-9-10-21(27,22(23,24)25)11-13(19)3-4-14-15-5-6-17(18(26)12-31-32(28,29)30)20(15,2)8-7-16(14)19/h13-17,27H,3-12H2,1-2H3,(H2,28,29,30)/t13-,14+,15+,16+,17-,19+,20+,21-/m1/s1. The summed E-state index contributed by atoms with van der Waals surface area (Å²) in [6.07, 6.45) is -0.161. The minimum Gasteiger partial charge on any atom is -0.380 e. The van der Waals surface area contributed by atoms with Gasteiger partial charge in [-0.05, 0) is 92.3 Å². The molecular weight excluding hydrogens is 448 g/mol. The van der Waals surface area contributed by atoms with Crippen molar-refractivity contribution in [3.05, 3.63) is 0 Å². The number of aliphatic hydroxyl groups is 1. The number of carbonyl (C=O) groups is 1. The summed E-state index contributed by atoms with van der Waals surface area (Å²) in [5, 5.41) is 10.3. The first-order valence-electron chi connectivity index (χ1n) is 11.6. The van der Waals surface area contributed by atoms with Crippen molar-refractivity contribution >= 4 is 13.6 Å². The molecule has 8 atom stereocenters. The van der Waals surface area contributed by atoms with Crippen molar-refractivity contribution in [2.24, 2.45) is 40.4 Å². The van der Waals surface area contributed by atoms with Crippen LogP contribution >= 0.6 is 7.82 Å². The number of alkyl halides is 3. The molecule has 0 amide bonds. The van der Waals surface area contributed by atoms with Gasteiger partial charge in [0.25, 0.3) is 0 Å². The highest BCUT2D eigenvalue weighted by molar-refractivity contribution is 7.46. The van der Waals surface area contributed by atoms with Crippen LogP contribution in [0.15, 0.2) is 0 Å². The summed E-state index contributed by atoms with van der Waals surface area (Å²) < 4.78 is 55.9. The van der Waals surface area contributed by atoms with E-state index in [2.05, 4.69) is 18.4 Å². The van der Waals surface area contributed by atoms with Gasteiger partial charge in [-0.3, -0.25) is 9.32 Å². The molecule has 184 valence electrons. The van der Waals surface area contributed by atoms with E-state index in [0.29, 0.717) is 25.2 Å². The first-order chi connectivity index (χ1) is 14.6. The Labute approximate surface area is 186 Å². The second-order valence-electron chi connectivity index (χ2n) is 11.3. The topological polar surface area (TPSA) is 104 Å². The zero-order valence-electron chi connectivity index (χ0n) is 18.6. The number of fused-ring (bicyclic) bond motifs is 5. The Morgan fingerprint density at radius 1 is 1.00 bits per heavy atom. The van der Waals surface area contributed by atoms with Crippen LogP contribution in [-0.4, -0.2) is 39.1 Å². The van der Waals surface area contributed by atoms with Gasteiger partial charge in [-0.1, -0.05) is 13.8 Å². The number of halogens is 3. The summed E-state index contributed by atoms with van der Waals surface area (Å²) in [5.41, 5.74) is -3.11. The summed E-state index contributed by atoms with van der Waals surface area (Å²) in [6.45, 7) is 3.61. The predicted octanol–water partition coefficient (Wildman–Crippen LogP) is 4.62. The van der Waals surface area contributed by atoms with Gasteiger partial charge in [0, 0.05) is 5.92 Å². The van der Waals surface area contributed by atoms with Crippen LogP contribution in [0.1, 0.15) is 71.6 Å². The monoisotopic (exact) mass is 482 g/mol. The van der Waals surface area contributed by atoms with E-state index >= 15 is 0 Å². The second-order valence-corrected chi connectivity index (χ2v) is 12.5. The number of phosphoric ester groups is 1. The first kappa shape index (κ1) is 24.6. The van der Waals surface area contributed by atoms with Crippen LogP contribution in [0.25, 0.3) is 0 Å². The van der Waals surface area contributed by atoms with Crippen LogP contribution in [0.4, 0.5) is 13.2 Å². The first-order valence-corrected chi connectivity index (χ1v) is 13.2. The number of ketones is 1. The normalized spacial score (nSPS) is 46.8. The molecule has 0 aliphatic heterocycles. The van der Waals surface area contributed by atoms with E-state index in [1.165, 1.54) is 0 Å². The molecule has 0 bridgehead atoms. The van der Waals surface area contributed by atoms with Gasteiger partial charge < -0.3 is 14.9 Å². The fourth-order valence-corrected chi connectivity index (χ4v) is 8.58. The average molecular weight is 482 g/mol. The van der Waals surface area contributed by atoms with Gasteiger partial charge in [-0.15, -0.1) is 0 Å². The molecule has 6 nitrogen and oxygen atoms in total. The Morgan fingerprint density at radius 2 is 1.66 bits per heavy atom. The van der Waals surface area contributed by atoms with Crippen molar-refractivity contribution in [3.63, 3.8) is 0 Å². The van der Waals surface area contributed by atoms with E-state index in [1.54, 1.807) is 0 Å². The lowest BCUT2D eigenvalue weighted by Gasteiger charge is -2.62. The molecule has 0 spiro atoms. The minimum absolute atomic E-state index is 0.163. The van der Waals surface area contributed by atoms with Crippen LogP contribution in [0.5, 0.6) is 0 Å². The molecule has 4 rings (SSSR count). The molecule has 10 heteroatoms. The van der Waals surface area contributed by atoms with Gasteiger partial charge >= 0.3 is 14.0 Å². The van der Waals surface area contributed by atoms with E-state index < -0.39 is 26.2 Å². The number of phosphoric acid groups is 1. The zero-order valence-corrected chi connectivity index (χ0v) is 19.5. The van der Waals surface area contributed by atoms with Crippen molar-refractivity contribution < 1.29 is 41.9 Å². The van der Waals surface area contributed by atoms with Crippen molar-refractivity contribution in [1.82, 2.24) is 0 Å². The maximum absolute atomic E-state index is 13.5. The van der Waals surface area contributed by atoms with Crippen molar-refractivity contribution in [3.8, 4) is 0 Å². The predicted molar refractivity (Wildman–Crippen MR) is 109 cm³/mol. The van der Waals surface area contributed by atoms with Crippen LogP contribution < -0.4 is 0 Å². The quantitative estimate of drug-likeness (QED) is 0.506. The minimum atomic E-state index is -4.71. The maximum atomic E-state index is 13.5. The molecule has 0 aromatic carbocycles. The molecule has 32 heavy (non-hydrogen) atoms. The third-order valence-corrected chi connectivity index (χ3v) is 10.5. The maximum Gasteiger partial charge on any atom is 0.470 e. The van der Waals surface area contributed by atoms with E-state index in [4.69, 9.17) is 9.79 Å². The summed E-state index contributed by atoms with van der Waals surface area (Å²) in [4.78, 5) is 30.6. The van der Waals surface area contributed by atoms with Crippen molar-refractivity contribution in [2.45, 2.75) is 83.4 Å². The van der Waals surface area contributed by atoms with Gasteiger partial charge in [0.05, 0.1) is 0 Å². The molecule has 3 N–H and O–H groups in total. The van der Waals surface area contributed by atoms with Gasteiger partial charge in [-0.2, -0.15) is 13.2 Å². The van der Waals surface area contributed by atoms with Gasteiger partial charge in [0.1, 0.15) is 6.61 Å². The third-order valence-electron chi connectivity index (χ3n) is 10.0. The molecule has 0 radical (unpaired) electrons. The summed E-state index contributed by atoms with van der Waals surface area (Å²) >= 11 is 0. The number of Topliss-reactive ketones (excluding diaryl/α,β-unsaturated/α-hetero) is 1. The van der Waals surface area contributed by atoms with E-state index in [-0.39, 0.29) is 53.1 Å². The Bertz CT molecular complexity index is 814. The largest absolute Gasteiger partial charge is 0.470 e. The smallest absolute Gasteiger partial charge is 0.380 e.